The summed E-state index contributed by atoms with van der Waals surface area (Å²) in [5, 5.41) is 0.704. The molecule has 0 radical (unpaired) electrons. The summed E-state index contributed by atoms with van der Waals surface area (Å²) >= 11 is 5.90. The van der Waals surface area contributed by atoms with Crippen molar-refractivity contribution in [2.45, 2.75) is 18.9 Å². The largest absolute Gasteiger partial charge is 0.461 e. The quantitative estimate of drug-likeness (QED) is 0.655. The fraction of sp³-hybridized carbons (Fsp3) is 0.211. The number of pyridine rings is 1. The van der Waals surface area contributed by atoms with Gasteiger partial charge in [-0.1, -0.05) is 23.7 Å². The van der Waals surface area contributed by atoms with E-state index in [1.54, 1.807) is 18.7 Å². The monoisotopic (exact) mass is 353 g/mol. The number of carbonyl (C=O) groups is 1. The molecule has 1 aliphatic rings. The van der Waals surface area contributed by atoms with Gasteiger partial charge in [0.1, 0.15) is 18.8 Å². The molecule has 5 nitrogen and oxygen atoms in total. The standard InChI is InChI=1S/C19H16ClN3O2/c20-15-3-1-14(2-4-15)16-10-17(16)19(24)25-11-13-5-6-22-18(9-13)23-8-7-21-12-23/h1-9,12,16-17H,10-11H2/t16-,17+/m0/s1. The topological polar surface area (TPSA) is 57.0 Å². The van der Waals surface area contributed by atoms with E-state index in [2.05, 4.69) is 9.97 Å². The molecule has 1 aliphatic carbocycles. The van der Waals surface area contributed by atoms with Crippen molar-refractivity contribution in [1.82, 2.24) is 14.5 Å². The summed E-state index contributed by atoms with van der Waals surface area (Å²) in [5.74, 6) is 0.775. The number of aromatic nitrogens is 3. The minimum absolute atomic E-state index is 0.0591. The van der Waals surface area contributed by atoms with Crippen molar-refractivity contribution >= 4 is 17.6 Å². The van der Waals surface area contributed by atoms with Crippen molar-refractivity contribution in [3.8, 4) is 5.82 Å². The first-order chi connectivity index (χ1) is 12.2. The third kappa shape index (κ3) is 3.56. The van der Waals surface area contributed by atoms with Crippen molar-refractivity contribution in [3.63, 3.8) is 0 Å². The number of halogens is 1. The zero-order valence-electron chi connectivity index (χ0n) is 13.4. The van der Waals surface area contributed by atoms with Crippen LogP contribution in [0.25, 0.3) is 5.82 Å². The number of imidazole rings is 1. The van der Waals surface area contributed by atoms with Gasteiger partial charge < -0.3 is 4.74 Å². The first-order valence-corrected chi connectivity index (χ1v) is 8.44. The van der Waals surface area contributed by atoms with Crippen LogP contribution in [0.15, 0.2) is 61.3 Å². The van der Waals surface area contributed by atoms with E-state index in [1.807, 2.05) is 47.2 Å². The summed E-state index contributed by atoms with van der Waals surface area (Å²) in [6.07, 6.45) is 7.72. The van der Waals surface area contributed by atoms with E-state index < -0.39 is 0 Å². The third-order valence-electron chi connectivity index (χ3n) is 4.35. The van der Waals surface area contributed by atoms with E-state index in [4.69, 9.17) is 16.3 Å². The van der Waals surface area contributed by atoms with E-state index in [1.165, 1.54) is 0 Å². The second kappa shape index (κ2) is 6.69. The second-order valence-corrected chi connectivity index (χ2v) is 6.54. The van der Waals surface area contributed by atoms with Crippen LogP contribution in [-0.2, 0) is 16.1 Å². The molecule has 0 bridgehead atoms. The highest BCUT2D eigenvalue weighted by molar-refractivity contribution is 6.30. The van der Waals surface area contributed by atoms with Gasteiger partial charge >= 0.3 is 5.97 Å². The molecule has 2 heterocycles. The van der Waals surface area contributed by atoms with Gasteiger partial charge in [-0.2, -0.15) is 0 Å². The number of hydrogen-bond donors (Lipinski definition) is 0. The predicted molar refractivity (Wildman–Crippen MR) is 93.5 cm³/mol. The maximum Gasteiger partial charge on any atom is 0.309 e. The Morgan fingerprint density at radius 3 is 2.84 bits per heavy atom. The molecule has 1 aromatic carbocycles. The molecule has 1 saturated carbocycles. The molecule has 2 atom stereocenters. The first kappa shape index (κ1) is 15.8. The zero-order valence-corrected chi connectivity index (χ0v) is 14.1. The molecule has 126 valence electrons. The minimum atomic E-state index is -0.152. The normalized spacial score (nSPS) is 18.8. The maximum absolute atomic E-state index is 12.3. The molecule has 0 spiro atoms. The summed E-state index contributed by atoms with van der Waals surface area (Å²) in [6, 6.07) is 11.4. The Labute approximate surface area is 150 Å². The number of esters is 1. The summed E-state index contributed by atoms with van der Waals surface area (Å²) in [5.41, 5.74) is 2.04. The van der Waals surface area contributed by atoms with Gasteiger partial charge in [0.2, 0.25) is 0 Å². The van der Waals surface area contributed by atoms with Crippen LogP contribution in [-0.4, -0.2) is 20.5 Å². The Balaban J connectivity index is 1.35. The highest BCUT2D eigenvalue weighted by atomic mass is 35.5. The SMILES string of the molecule is O=C(OCc1ccnc(-n2ccnc2)c1)[C@@H]1C[C@H]1c1ccc(Cl)cc1. The minimum Gasteiger partial charge on any atom is -0.461 e. The molecule has 0 saturated heterocycles. The molecule has 3 aromatic rings. The van der Waals surface area contributed by atoms with Crippen LogP contribution in [0.2, 0.25) is 5.02 Å². The lowest BCUT2D eigenvalue weighted by molar-refractivity contribution is -0.146. The first-order valence-electron chi connectivity index (χ1n) is 8.06. The Morgan fingerprint density at radius 1 is 1.24 bits per heavy atom. The highest BCUT2D eigenvalue weighted by Gasteiger charge is 2.45. The molecule has 1 fully saturated rings. The number of carbonyl (C=O) groups excluding carboxylic acids is 1. The van der Waals surface area contributed by atoms with Crippen LogP contribution >= 0.6 is 11.6 Å². The maximum atomic E-state index is 12.3. The lowest BCUT2D eigenvalue weighted by Gasteiger charge is -2.07. The summed E-state index contributed by atoms with van der Waals surface area (Å²) in [4.78, 5) is 20.6. The van der Waals surface area contributed by atoms with Crippen LogP contribution < -0.4 is 0 Å². The van der Waals surface area contributed by atoms with E-state index in [9.17, 15) is 4.79 Å². The van der Waals surface area contributed by atoms with Gasteiger partial charge in [0.25, 0.3) is 0 Å². The number of benzene rings is 1. The van der Waals surface area contributed by atoms with Crippen molar-refractivity contribution in [2.75, 3.05) is 0 Å². The zero-order chi connectivity index (χ0) is 17.2. The molecule has 6 heteroatoms. The predicted octanol–water partition coefficient (Wildman–Crippen LogP) is 3.77. The fourth-order valence-corrected chi connectivity index (χ4v) is 3.01. The van der Waals surface area contributed by atoms with Crippen LogP contribution in [0.4, 0.5) is 0 Å². The van der Waals surface area contributed by atoms with E-state index in [0.717, 1.165) is 23.4 Å². The smallest absolute Gasteiger partial charge is 0.309 e. The van der Waals surface area contributed by atoms with Crippen molar-refractivity contribution in [1.29, 1.82) is 0 Å². The number of hydrogen-bond acceptors (Lipinski definition) is 4. The highest BCUT2D eigenvalue weighted by Crippen LogP contribution is 2.48. The summed E-state index contributed by atoms with van der Waals surface area (Å²) in [7, 11) is 0. The lowest BCUT2D eigenvalue weighted by atomic mass is 10.1. The average molecular weight is 354 g/mol. The summed E-state index contributed by atoms with van der Waals surface area (Å²) in [6.45, 7) is 0.243. The van der Waals surface area contributed by atoms with Crippen LogP contribution in [0.5, 0.6) is 0 Å². The Hall–Kier alpha value is -2.66. The van der Waals surface area contributed by atoms with Crippen molar-refractivity contribution in [2.24, 2.45) is 5.92 Å². The molecular weight excluding hydrogens is 338 g/mol. The van der Waals surface area contributed by atoms with Gasteiger partial charge in [-0.25, -0.2) is 9.97 Å². The Bertz CT molecular complexity index is 878. The van der Waals surface area contributed by atoms with Gasteiger partial charge in [-0.3, -0.25) is 9.36 Å². The van der Waals surface area contributed by atoms with Gasteiger partial charge in [0, 0.05) is 23.6 Å². The molecular formula is C19H16ClN3O2. The fourth-order valence-electron chi connectivity index (χ4n) is 2.88. The van der Waals surface area contributed by atoms with E-state index >= 15 is 0 Å². The van der Waals surface area contributed by atoms with Crippen LogP contribution in [0, 0.1) is 5.92 Å². The molecule has 2 aromatic heterocycles. The third-order valence-corrected chi connectivity index (χ3v) is 4.60. The van der Waals surface area contributed by atoms with E-state index in [-0.39, 0.29) is 24.4 Å². The lowest BCUT2D eigenvalue weighted by Crippen LogP contribution is -2.08. The number of ether oxygens (including phenoxy) is 1. The second-order valence-electron chi connectivity index (χ2n) is 6.10. The number of nitrogens with zero attached hydrogens (tertiary/aromatic N) is 3. The molecule has 25 heavy (non-hydrogen) atoms. The molecule has 4 rings (SSSR count). The van der Waals surface area contributed by atoms with Gasteiger partial charge in [-0.15, -0.1) is 0 Å². The van der Waals surface area contributed by atoms with Gasteiger partial charge in [0.15, 0.2) is 0 Å². The Kier molecular flexibility index (Phi) is 4.24. The molecule has 0 amide bonds. The van der Waals surface area contributed by atoms with Gasteiger partial charge in [0.05, 0.1) is 5.92 Å². The molecule has 0 aliphatic heterocycles. The Morgan fingerprint density at radius 2 is 2.08 bits per heavy atom. The number of rotatable bonds is 5. The average Bonchev–Trinajstić information content (AvgIpc) is 3.24. The molecule has 0 unspecified atom stereocenters. The van der Waals surface area contributed by atoms with Crippen molar-refractivity contribution < 1.29 is 9.53 Å². The van der Waals surface area contributed by atoms with Crippen molar-refractivity contribution in [3.05, 3.63) is 77.5 Å². The van der Waals surface area contributed by atoms with E-state index in [0.29, 0.717) is 5.02 Å². The van der Waals surface area contributed by atoms with Gasteiger partial charge in [-0.05, 0) is 47.7 Å². The van der Waals surface area contributed by atoms with Crippen LogP contribution in [0.3, 0.4) is 0 Å². The molecule has 0 N–H and O–H groups in total. The summed E-state index contributed by atoms with van der Waals surface area (Å²) < 4.78 is 7.29. The van der Waals surface area contributed by atoms with Crippen LogP contribution in [0.1, 0.15) is 23.5 Å².